The van der Waals surface area contributed by atoms with Crippen molar-refractivity contribution < 1.29 is 14.6 Å². The lowest BCUT2D eigenvalue weighted by atomic mass is 10.1. The molecular weight excluding hydrogens is 232 g/mol. The molecule has 0 aromatic heterocycles. The molecule has 1 aliphatic heterocycles. The molecule has 18 heavy (non-hydrogen) atoms. The largest absolute Gasteiger partial charge is 0.507 e. The summed E-state index contributed by atoms with van der Waals surface area (Å²) in [6.07, 6.45) is 0. The van der Waals surface area contributed by atoms with Gasteiger partial charge in [-0.1, -0.05) is 6.07 Å². The number of amides is 1. The fourth-order valence-electron chi connectivity index (χ4n) is 2.09. The molecule has 1 aromatic carbocycles. The molecule has 1 amide bonds. The molecule has 1 aliphatic rings. The van der Waals surface area contributed by atoms with E-state index in [1.165, 1.54) is 0 Å². The van der Waals surface area contributed by atoms with Gasteiger partial charge in [-0.2, -0.15) is 0 Å². The maximum Gasteiger partial charge on any atom is 0.258 e. The van der Waals surface area contributed by atoms with Gasteiger partial charge in [0.05, 0.1) is 24.8 Å². The van der Waals surface area contributed by atoms with Crippen molar-refractivity contribution in [1.29, 1.82) is 0 Å². The van der Waals surface area contributed by atoms with Crippen LogP contribution in [0.1, 0.15) is 15.9 Å². The Morgan fingerprint density at radius 2 is 2.39 bits per heavy atom. The van der Waals surface area contributed by atoms with E-state index in [2.05, 4.69) is 0 Å². The van der Waals surface area contributed by atoms with Crippen molar-refractivity contribution >= 4 is 5.91 Å². The first-order valence-electron chi connectivity index (χ1n) is 6.02. The lowest BCUT2D eigenvalue weighted by Crippen LogP contribution is -2.52. The summed E-state index contributed by atoms with van der Waals surface area (Å²) >= 11 is 0. The van der Waals surface area contributed by atoms with Gasteiger partial charge in [-0.3, -0.25) is 4.79 Å². The molecule has 1 fully saturated rings. The summed E-state index contributed by atoms with van der Waals surface area (Å²) in [6.45, 7) is 3.70. The molecular formula is C13H18N2O3. The van der Waals surface area contributed by atoms with Gasteiger partial charge >= 0.3 is 0 Å². The van der Waals surface area contributed by atoms with Crippen molar-refractivity contribution in [3.8, 4) is 5.75 Å². The number of nitrogens with two attached hydrogens (primary N) is 1. The number of carbonyl (C=O) groups excluding carboxylic acids is 1. The van der Waals surface area contributed by atoms with E-state index in [1.54, 1.807) is 17.0 Å². The number of aromatic hydroxyl groups is 1. The number of hydrogen-bond donors (Lipinski definition) is 2. The Hall–Kier alpha value is -1.59. The molecule has 0 spiro atoms. The highest BCUT2D eigenvalue weighted by atomic mass is 16.5. The van der Waals surface area contributed by atoms with E-state index in [4.69, 9.17) is 10.5 Å². The highest BCUT2D eigenvalue weighted by Crippen LogP contribution is 2.22. The average Bonchev–Trinajstić information content (AvgIpc) is 2.38. The molecule has 0 radical (unpaired) electrons. The number of hydrogen-bond acceptors (Lipinski definition) is 4. The van der Waals surface area contributed by atoms with E-state index in [1.807, 2.05) is 13.0 Å². The second-order valence-electron chi connectivity index (χ2n) is 4.48. The average molecular weight is 250 g/mol. The summed E-state index contributed by atoms with van der Waals surface area (Å²) in [6, 6.07) is 4.93. The molecule has 1 unspecified atom stereocenters. The minimum absolute atomic E-state index is 0.0160. The quantitative estimate of drug-likeness (QED) is 0.801. The first-order valence-corrected chi connectivity index (χ1v) is 6.02. The summed E-state index contributed by atoms with van der Waals surface area (Å²) < 4.78 is 5.30. The number of carbonyl (C=O) groups is 1. The van der Waals surface area contributed by atoms with Gasteiger partial charge in [0.25, 0.3) is 5.91 Å². The monoisotopic (exact) mass is 250 g/mol. The third-order valence-corrected chi connectivity index (χ3v) is 3.14. The summed E-state index contributed by atoms with van der Waals surface area (Å²) in [4.78, 5) is 14.0. The zero-order valence-electron chi connectivity index (χ0n) is 10.4. The highest BCUT2D eigenvalue weighted by molar-refractivity contribution is 5.97. The normalized spacial score (nSPS) is 19.9. The second kappa shape index (κ2) is 5.37. The van der Waals surface area contributed by atoms with Gasteiger partial charge in [0.15, 0.2) is 0 Å². The van der Waals surface area contributed by atoms with Gasteiger partial charge in [0, 0.05) is 13.1 Å². The summed E-state index contributed by atoms with van der Waals surface area (Å²) in [7, 11) is 0. The third kappa shape index (κ3) is 2.47. The van der Waals surface area contributed by atoms with Crippen LogP contribution in [0.5, 0.6) is 5.75 Å². The molecule has 5 nitrogen and oxygen atoms in total. The van der Waals surface area contributed by atoms with Crippen molar-refractivity contribution in [2.24, 2.45) is 5.73 Å². The Bertz CT molecular complexity index is 448. The SMILES string of the molecule is Cc1ccc(C(=O)N2CCOCC2CN)c(O)c1. The van der Waals surface area contributed by atoms with Crippen molar-refractivity contribution in [3.05, 3.63) is 29.3 Å². The number of morpholine rings is 1. The number of phenols is 1. The van der Waals surface area contributed by atoms with E-state index in [0.717, 1.165) is 5.56 Å². The molecule has 0 saturated carbocycles. The van der Waals surface area contributed by atoms with E-state index in [-0.39, 0.29) is 17.7 Å². The van der Waals surface area contributed by atoms with Gasteiger partial charge in [-0.05, 0) is 24.6 Å². The van der Waals surface area contributed by atoms with Crippen LogP contribution in [0.25, 0.3) is 0 Å². The first-order chi connectivity index (χ1) is 8.63. The maximum absolute atomic E-state index is 12.4. The zero-order valence-corrected chi connectivity index (χ0v) is 10.4. The van der Waals surface area contributed by atoms with E-state index < -0.39 is 0 Å². The molecule has 1 aromatic rings. The van der Waals surface area contributed by atoms with Crippen LogP contribution in [-0.2, 0) is 4.74 Å². The van der Waals surface area contributed by atoms with E-state index in [0.29, 0.717) is 31.9 Å². The van der Waals surface area contributed by atoms with Crippen molar-refractivity contribution in [2.45, 2.75) is 13.0 Å². The molecule has 5 heteroatoms. The van der Waals surface area contributed by atoms with Crippen LogP contribution in [0.3, 0.4) is 0 Å². The molecule has 1 saturated heterocycles. The molecule has 1 atom stereocenters. The van der Waals surface area contributed by atoms with Gasteiger partial charge < -0.3 is 20.5 Å². The topological polar surface area (TPSA) is 75.8 Å². The molecule has 2 rings (SSSR count). The lowest BCUT2D eigenvalue weighted by molar-refractivity contribution is 0.000697. The second-order valence-corrected chi connectivity index (χ2v) is 4.48. The number of nitrogens with zero attached hydrogens (tertiary/aromatic N) is 1. The molecule has 98 valence electrons. The van der Waals surface area contributed by atoms with Crippen LogP contribution in [0.2, 0.25) is 0 Å². The number of phenolic OH excluding ortho intramolecular Hbond substituents is 1. The minimum Gasteiger partial charge on any atom is -0.507 e. The Balaban J connectivity index is 2.24. The van der Waals surface area contributed by atoms with Gasteiger partial charge in [-0.25, -0.2) is 0 Å². The van der Waals surface area contributed by atoms with Crippen molar-refractivity contribution in [3.63, 3.8) is 0 Å². The molecule has 0 bridgehead atoms. The Morgan fingerprint density at radius 3 is 3.06 bits per heavy atom. The first kappa shape index (κ1) is 12.9. The zero-order chi connectivity index (χ0) is 13.1. The molecule has 3 N–H and O–H groups in total. The number of benzene rings is 1. The van der Waals surface area contributed by atoms with Crippen LogP contribution >= 0.6 is 0 Å². The maximum atomic E-state index is 12.4. The van der Waals surface area contributed by atoms with Gasteiger partial charge in [0.2, 0.25) is 0 Å². The lowest BCUT2D eigenvalue weighted by Gasteiger charge is -2.35. The summed E-state index contributed by atoms with van der Waals surface area (Å²) in [5.41, 5.74) is 6.87. The number of ether oxygens (including phenoxy) is 1. The van der Waals surface area contributed by atoms with Crippen molar-refractivity contribution in [1.82, 2.24) is 4.90 Å². The third-order valence-electron chi connectivity index (χ3n) is 3.14. The number of rotatable bonds is 2. The van der Waals surface area contributed by atoms with Crippen LogP contribution in [0.15, 0.2) is 18.2 Å². The van der Waals surface area contributed by atoms with Gasteiger partial charge in [0.1, 0.15) is 5.75 Å². The van der Waals surface area contributed by atoms with Crippen LogP contribution in [0, 0.1) is 6.92 Å². The van der Waals surface area contributed by atoms with Crippen LogP contribution < -0.4 is 5.73 Å². The van der Waals surface area contributed by atoms with E-state index in [9.17, 15) is 9.90 Å². The Labute approximate surface area is 106 Å². The van der Waals surface area contributed by atoms with Crippen LogP contribution in [0.4, 0.5) is 0 Å². The predicted molar refractivity (Wildman–Crippen MR) is 67.5 cm³/mol. The van der Waals surface area contributed by atoms with Crippen LogP contribution in [-0.4, -0.2) is 48.3 Å². The fourth-order valence-corrected chi connectivity index (χ4v) is 2.09. The molecule has 1 heterocycles. The summed E-state index contributed by atoms with van der Waals surface area (Å²) in [5, 5.41) is 9.84. The molecule has 0 aliphatic carbocycles. The summed E-state index contributed by atoms with van der Waals surface area (Å²) in [5.74, 6) is -0.173. The number of aryl methyl sites for hydroxylation is 1. The predicted octanol–water partition coefficient (Wildman–Crippen LogP) is 0.500. The highest BCUT2D eigenvalue weighted by Gasteiger charge is 2.28. The fraction of sp³-hybridized carbons (Fsp3) is 0.462. The van der Waals surface area contributed by atoms with Gasteiger partial charge in [-0.15, -0.1) is 0 Å². The Kier molecular flexibility index (Phi) is 3.84. The smallest absolute Gasteiger partial charge is 0.258 e. The van der Waals surface area contributed by atoms with Crippen molar-refractivity contribution in [2.75, 3.05) is 26.3 Å². The minimum atomic E-state index is -0.189. The standard InChI is InChI=1S/C13H18N2O3/c1-9-2-3-11(12(16)6-9)13(17)15-4-5-18-8-10(15)7-14/h2-3,6,10,16H,4-5,7-8,14H2,1H3. The van der Waals surface area contributed by atoms with E-state index >= 15 is 0 Å². The Morgan fingerprint density at radius 1 is 1.61 bits per heavy atom.